The first-order valence-corrected chi connectivity index (χ1v) is 5.31. The van der Waals surface area contributed by atoms with E-state index in [4.69, 9.17) is 5.73 Å². The summed E-state index contributed by atoms with van der Waals surface area (Å²) >= 11 is 0. The summed E-state index contributed by atoms with van der Waals surface area (Å²) in [5.74, 6) is 0. The third-order valence-electron chi connectivity index (χ3n) is 2.27. The van der Waals surface area contributed by atoms with Crippen molar-refractivity contribution in [1.29, 1.82) is 0 Å². The van der Waals surface area contributed by atoms with Gasteiger partial charge >= 0.3 is 6.09 Å². The maximum Gasteiger partial charge on any atom is 0.404 e. The van der Waals surface area contributed by atoms with E-state index in [0.29, 0.717) is 6.54 Å². The van der Waals surface area contributed by atoms with E-state index in [9.17, 15) is 4.79 Å². The highest BCUT2D eigenvalue weighted by atomic mass is 16.5. The van der Waals surface area contributed by atoms with E-state index in [1.165, 1.54) is 0 Å². The smallest absolute Gasteiger partial charge is 0.404 e. The molecule has 16 heavy (non-hydrogen) atoms. The molecule has 6 nitrogen and oxygen atoms in total. The molecule has 6 heteroatoms. The van der Waals surface area contributed by atoms with Crippen molar-refractivity contribution in [3.8, 4) is 0 Å². The number of hydrogen-bond donors (Lipinski definition) is 2. The molecule has 1 atom stereocenters. The lowest BCUT2D eigenvalue weighted by Crippen LogP contribution is -2.25. The molecular weight excluding hydrogens is 208 g/mol. The van der Waals surface area contributed by atoms with Crippen molar-refractivity contribution >= 4 is 6.09 Å². The van der Waals surface area contributed by atoms with Crippen molar-refractivity contribution in [2.45, 2.75) is 26.4 Å². The van der Waals surface area contributed by atoms with Crippen LogP contribution in [0.15, 0.2) is 12.4 Å². The Morgan fingerprint density at radius 3 is 3.06 bits per heavy atom. The minimum atomic E-state index is -0.742. The second-order valence-electron chi connectivity index (χ2n) is 3.47. The van der Waals surface area contributed by atoms with Crippen molar-refractivity contribution in [2.24, 2.45) is 5.73 Å². The number of aromatic nitrogens is 2. The Kier molecular flexibility index (Phi) is 4.78. The number of primary amides is 1. The van der Waals surface area contributed by atoms with Crippen molar-refractivity contribution in [2.75, 3.05) is 13.2 Å². The predicted molar refractivity (Wildman–Crippen MR) is 59.9 cm³/mol. The van der Waals surface area contributed by atoms with Crippen LogP contribution in [0.25, 0.3) is 0 Å². The van der Waals surface area contributed by atoms with E-state index in [1.54, 1.807) is 0 Å². The van der Waals surface area contributed by atoms with E-state index in [0.717, 1.165) is 12.1 Å². The van der Waals surface area contributed by atoms with Gasteiger partial charge in [0.15, 0.2) is 0 Å². The molecule has 1 heterocycles. The number of nitrogens with one attached hydrogen (secondary N) is 1. The van der Waals surface area contributed by atoms with Crippen LogP contribution in [-0.2, 0) is 11.3 Å². The van der Waals surface area contributed by atoms with Crippen molar-refractivity contribution < 1.29 is 9.53 Å². The lowest BCUT2D eigenvalue weighted by atomic mass is 10.2. The maximum absolute atomic E-state index is 10.3. The number of amides is 1. The topological polar surface area (TPSA) is 82.2 Å². The minimum Gasteiger partial charge on any atom is -0.448 e. The Balaban J connectivity index is 2.29. The lowest BCUT2D eigenvalue weighted by molar-refractivity contribution is 0.156. The Bertz CT molecular complexity index is 337. The van der Waals surface area contributed by atoms with Gasteiger partial charge in [0.05, 0.1) is 6.20 Å². The van der Waals surface area contributed by atoms with Gasteiger partial charge in [-0.15, -0.1) is 0 Å². The van der Waals surface area contributed by atoms with Crippen LogP contribution in [0.5, 0.6) is 0 Å². The predicted octanol–water partition coefficient (Wildman–Crippen LogP) is 0.649. The van der Waals surface area contributed by atoms with Gasteiger partial charge in [0.1, 0.15) is 6.61 Å². The molecule has 0 bridgehead atoms. The Morgan fingerprint density at radius 2 is 2.50 bits per heavy atom. The van der Waals surface area contributed by atoms with Crippen LogP contribution in [0.1, 0.15) is 25.5 Å². The average molecular weight is 226 g/mol. The summed E-state index contributed by atoms with van der Waals surface area (Å²) in [4.78, 5) is 10.3. The fraction of sp³-hybridized carbons (Fsp3) is 0.600. The molecule has 0 radical (unpaired) electrons. The van der Waals surface area contributed by atoms with Gasteiger partial charge < -0.3 is 15.8 Å². The van der Waals surface area contributed by atoms with Crippen LogP contribution in [-0.4, -0.2) is 29.0 Å². The van der Waals surface area contributed by atoms with Crippen molar-refractivity contribution in [3.63, 3.8) is 0 Å². The largest absolute Gasteiger partial charge is 0.448 e. The highest BCUT2D eigenvalue weighted by molar-refractivity contribution is 5.64. The van der Waals surface area contributed by atoms with E-state index in [2.05, 4.69) is 15.2 Å². The zero-order valence-electron chi connectivity index (χ0n) is 9.64. The van der Waals surface area contributed by atoms with Gasteiger partial charge in [-0.05, 0) is 13.8 Å². The molecule has 0 aliphatic heterocycles. The molecule has 1 unspecified atom stereocenters. The van der Waals surface area contributed by atoms with E-state index in [1.807, 2.05) is 30.9 Å². The number of ether oxygens (including phenoxy) is 1. The molecular formula is C10H18N4O2. The zero-order chi connectivity index (χ0) is 12.0. The maximum atomic E-state index is 10.3. The number of hydrogen-bond acceptors (Lipinski definition) is 4. The summed E-state index contributed by atoms with van der Waals surface area (Å²) in [7, 11) is 0. The van der Waals surface area contributed by atoms with Crippen LogP contribution >= 0.6 is 0 Å². The second kappa shape index (κ2) is 6.12. The molecule has 1 rings (SSSR count). The fourth-order valence-corrected chi connectivity index (χ4v) is 1.32. The summed E-state index contributed by atoms with van der Waals surface area (Å²) in [5, 5.41) is 7.39. The number of carbonyl (C=O) groups is 1. The molecule has 0 spiro atoms. The second-order valence-corrected chi connectivity index (χ2v) is 3.47. The summed E-state index contributed by atoms with van der Waals surface area (Å²) in [6.07, 6.45) is 3.08. The Hall–Kier alpha value is -1.56. The third-order valence-corrected chi connectivity index (χ3v) is 2.27. The molecule has 0 fully saturated rings. The molecule has 0 saturated heterocycles. The summed E-state index contributed by atoms with van der Waals surface area (Å²) in [6, 6.07) is 0.178. The van der Waals surface area contributed by atoms with Gasteiger partial charge in [-0.3, -0.25) is 4.68 Å². The Morgan fingerprint density at radius 1 is 1.75 bits per heavy atom. The summed E-state index contributed by atoms with van der Waals surface area (Å²) < 4.78 is 6.48. The number of rotatable bonds is 6. The Labute approximate surface area is 94.8 Å². The van der Waals surface area contributed by atoms with Gasteiger partial charge in [0, 0.05) is 30.9 Å². The third kappa shape index (κ3) is 3.90. The first kappa shape index (κ1) is 12.5. The quantitative estimate of drug-likeness (QED) is 0.698. The van der Waals surface area contributed by atoms with E-state index >= 15 is 0 Å². The van der Waals surface area contributed by atoms with E-state index in [-0.39, 0.29) is 12.6 Å². The first-order chi connectivity index (χ1) is 7.63. The number of nitrogens with zero attached hydrogens (tertiary/aromatic N) is 2. The fourth-order valence-electron chi connectivity index (χ4n) is 1.32. The van der Waals surface area contributed by atoms with Crippen LogP contribution in [0, 0.1) is 0 Å². The zero-order valence-corrected chi connectivity index (χ0v) is 9.64. The minimum absolute atomic E-state index is 0.178. The highest BCUT2D eigenvalue weighted by Crippen LogP contribution is 2.09. The van der Waals surface area contributed by atoms with Crippen molar-refractivity contribution in [3.05, 3.63) is 18.0 Å². The monoisotopic (exact) mass is 226 g/mol. The normalized spacial score (nSPS) is 12.4. The van der Waals surface area contributed by atoms with E-state index < -0.39 is 6.09 Å². The standard InChI is InChI=1S/C10H18N4O2/c1-3-14-7-9(6-13-14)8(2)12-4-5-16-10(11)15/h6-8,12H,3-5H2,1-2H3,(H2,11,15). The van der Waals surface area contributed by atoms with Gasteiger partial charge in [-0.25, -0.2) is 4.79 Å². The highest BCUT2D eigenvalue weighted by Gasteiger charge is 2.06. The molecule has 0 saturated carbocycles. The van der Waals surface area contributed by atoms with Crippen molar-refractivity contribution in [1.82, 2.24) is 15.1 Å². The van der Waals surface area contributed by atoms with Gasteiger partial charge in [-0.2, -0.15) is 5.10 Å². The number of carbonyl (C=O) groups excluding carboxylic acids is 1. The lowest BCUT2D eigenvalue weighted by Gasteiger charge is -2.11. The molecule has 1 amide bonds. The molecule has 1 aromatic rings. The SMILES string of the molecule is CCn1cc(C(C)NCCOC(N)=O)cn1. The first-order valence-electron chi connectivity index (χ1n) is 5.31. The van der Waals surface area contributed by atoms with Gasteiger partial charge in [0.25, 0.3) is 0 Å². The van der Waals surface area contributed by atoms with Crippen LogP contribution in [0.3, 0.4) is 0 Å². The molecule has 90 valence electrons. The number of aryl methyl sites for hydroxylation is 1. The molecule has 0 aliphatic rings. The van der Waals surface area contributed by atoms with Crippen LogP contribution in [0.4, 0.5) is 4.79 Å². The van der Waals surface area contributed by atoms with Crippen LogP contribution in [0.2, 0.25) is 0 Å². The average Bonchev–Trinajstić information content (AvgIpc) is 2.72. The molecule has 1 aromatic heterocycles. The van der Waals surface area contributed by atoms with Gasteiger partial charge in [-0.1, -0.05) is 0 Å². The molecule has 3 N–H and O–H groups in total. The summed E-state index contributed by atoms with van der Waals surface area (Å²) in [5.41, 5.74) is 5.95. The van der Waals surface area contributed by atoms with Gasteiger partial charge in [0.2, 0.25) is 0 Å². The van der Waals surface area contributed by atoms with Crippen LogP contribution < -0.4 is 11.1 Å². The number of nitrogens with two attached hydrogens (primary N) is 1. The summed E-state index contributed by atoms with van der Waals surface area (Å²) in [6.45, 7) is 5.78. The molecule has 0 aliphatic carbocycles. The molecule has 0 aromatic carbocycles.